The topological polar surface area (TPSA) is 78.1 Å². The van der Waals surface area contributed by atoms with Gasteiger partial charge in [-0.3, -0.25) is 4.79 Å². The summed E-state index contributed by atoms with van der Waals surface area (Å²) in [6.45, 7) is 4.37. The van der Waals surface area contributed by atoms with Crippen LogP contribution in [0.4, 0.5) is 0 Å². The molecule has 7 heteroatoms. The number of nitriles is 1. The average Bonchev–Trinajstić information content (AvgIpc) is 3.06. The average molecular weight is 430 g/mol. The van der Waals surface area contributed by atoms with Crippen LogP contribution in [0.15, 0.2) is 42.5 Å². The lowest BCUT2D eigenvalue weighted by Crippen LogP contribution is -2.36. The molecule has 0 spiro atoms. The molecule has 0 saturated carbocycles. The van der Waals surface area contributed by atoms with Crippen LogP contribution in [0.5, 0.6) is 0 Å². The van der Waals surface area contributed by atoms with Crippen molar-refractivity contribution in [3.63, 3.8) is 0 Å². The van der Waals surface area contributed by atoms with Crippen molar-refractivity contribution in [2.75, 3.05) is 13.2 Å². The van der Waals surface area contributed by atoms with E-state index in [1.165, 1.54) is 0 Å². The Bertz CT molecular complexity index is 1110. The predicted octanol–water partition coefficient (Wildman–Crippen LogP) is 4.62. The van der Waals surface area contributed by atoms with Crippen molar-refractivity contribution in [3.05, 3.63) is 69.3 Å². The molecule has 2 N–H and O–H groups in total. The number of amides is 1. The molecule has 150 valence electrons. The molecule has 0 aliphatic rings. The highest BCUT2D eigenvalue weighted by Gasteiger charge is 2.21. The number of carbonyl (C=O) groups is 1. The maximum atomic E-state index is 13.0. The van der Waals surface area contributed by atoms with Gasteiger partial charge in [-0.15, -0.1) is 0 Å². The Labute approximate surface area is 179 Å². The summed E-state index contributed by atoms with van der Waals surface area (Å²) in [7, 11) is 0. The molecule has 29 heavy (non-hydrogen) atoms. The molecule has 0 atom stereocenters. The van der Waals surface area contributed by atoms with Gasteiger partial charge in [-0.2, -0.15) is 5.26 Å². The standard InChI is InChI=1S/C22H21Cl2N3O2/c1-22(2,13-28)12-26-21(29)20-9-15-7-14(10-25)3-6-19(15)27(20)11-16-8-17(23)4-5-18(16)24/h3-9,28H,11-13H2,1-2H3,(H,26,29). The number of halogens is 2. The van der Waals surface area contributed by atoms with Gasteiger partial charge in [0.05, 0.1) is 11.6 Å². The molecule has 0 saturated heterocycles. The van der Waals surface area contributed by atoms with E-state index in [0.717, 1.165) is 16.5 Å². The Hall–Kier alpha value is -2.52. The van der Waals surface area contributed by atoms with Crippen LogP contribution >= 0.6 is 23.2 Å². The zero-order chi connectivity index (χ0) is 21.2. The quantitative estimate of drug-likeness (QED) is 0.599. The number of carbonyl (C=O) groups excluding carboxylic acids is 1. The van der Waals surface area contributed by atoms with E-state index in [9.17, 15) is 15.2 Å². The summed E-state index contributed by atoms with van der Waals surface area (Å²) in [5.74, 6) is -0.264. The van der Waals surface area contributed by atoms with Crippen molar-refractivity contribution in [2.45, 2.75) is 20.4 Å². The number of aromatic nitrogens is 1. The van der Waals surface area contributed by atoms with Crippen molar-refractivity contribution in [1.29, 1.82) is 5.26 Å². The van der Waals surface area contributed by atoms with E-state index in [2.05, 4.69) is 11.4 Å². The lowest BCUT2D eigenvalue weighted by Gasteiger charge is -2.22. The molecule has 0 aliphatic carbocycles. The van der Waals surface area contributed by atoms with Crippen LogP contribution in [-0.4, -0.2) is 28.7 Å². The third kappa shape index (κ3) is 4.73. The van der Waals surface area contributed by atoms with Crippen molar-refractivity contribution in [2.24, 2.45) is 5.41 Å². The van der Waals surface area contributed by atoms with Gasteiger partial charge in [-0.05, 0) is 48.0 Å². The zero-order valence-corrected chi connectivity index (χ0v) is 17.7. The van der Waals surface area contributed by atoms with E-state index < -0.39 is 5.41 Å². The minimum absolute atomic E-state index is 0.0417. The number of aliphatic hydroxyl groups excluding tert-OH is 1. The summed E-state index contributed by atoms with van der Waals surface area (Å²) in [6.07, 6.45) is 0. The van der Waals surface area contributed by atoms with E-state index >= 15 is 0 Å². The molecule has 0 bridgehead atoms. The van der Waals surface area contributed by atoms with E-state index in [1.54, 1.807) is 36.4 Å². The lowest BCUT2D eigenvalue weighted by molar-refractivity contribution is 0.0903. The Morgan fingerprint density at radius 2 is 1.97 bits per heavy atom. The highest BCUT2D eigenvalue weighted by molar-refractivity contribution is 6.33. The van der Waals surface area contributed by atoms with Gasteiger partial charge in [0, 0.05) is 46.1 Å². The van der Waals surface area contributed by atoms with Crippen LogP contribution in [0.1, 0.15) is 35.5 Å². The SMILES string of the molecule is CC(C)(CO)CNC(=O)c1cc2cc(C#N)ccc2n1Cc1cc(Cl)ccc1Cl. The van der Waals surface area contributed by atoms with Gasteiger partial charge in [-0.1, -0.05) is 37.0 Å². The van der Waals surface area contributed by atoms with Gasteiger partial charge in [0.2, 0.25) is 0 Å². The number of rotatable bonds is 6. The molecule has 3 aromatic rings. The normalized spacial score (nSPS) is 11.4. The molecule has 1 aromatic heterocycles. The highest BCUT2D eigenvalue weighted by atomic mass is 35.5. The van der Waals surface area contributed by atoms with Gasteiger partial charge in [0.25, 0.3) is 5.91 Å². The van der Waals surface area contributed by atoms with Crippen LogP contribution in [0.2, 0.25) is 10.0 Å². The summed E-state index contributed by atoms with van der Waals surface area (Å²) < 4.78 is 1.86. The van der Waals surface area contributed by atoms with Crippen molar-refractivity contribution in [3.8, 4) is 6.07 Å². The van der Waals surface area contributed by atoms with Gasteiger partial charge in [0.15, 0.2) is 0 Å². The van der Waals surface area contributed by atoms with Crippen molar-refractivity contribution >= 4 is 40.0 Å². The first-order chi connectivity index (χ1) is 13.7. The molecule has 3 rings (SSSR count). The van der Waals surface area contributed by atoms with E-state index in [4.69, 9.17) is 23.2 Å². The maximum Gasteiger partial charge on any atom is 0.267 e. The third-order valence-corrected chi connectivity index (χ3v) is 5.36. The fourth-order valence-electron chi connectivity index (χ4n) is 3.00. The van der Waals surface area contributed by atoms with Crippen LogP contribution in [0.25, 0.3) is 10.9 Å². The summed E-state index contributed by atoms with van der Waals surface area (Å²) >= 11 is 12.5. The lowest BCUT2D eigenvalue weighted by atomic mass is 9.95. The number of nitrogens with zero attached hydrogens (tertiary/aromatic N) is 2. The Kier molecular flexibility index (Phi) is 6.18. The molecule has 5 nitrogen and oxygen atoms in total. The van der Waals surface area contributed by atoms with Gasteiger partial charge in [0.1, 0.15) is 5.69 Å². The predicted molar refractivity (Wildman–Crippen MR) is 115 cm³/mol. The van der Waals surface area contributed by atoms with Crippen molar-refractivity contribution in [1.82, 2.24) is 9.88 Å². The van der Waals surface area contributed by atoms with Crippen LogP contribution in [0, 0.1) is 16.7 Å². The second-order valence-corrected chi connectivity index (χ2v) is 8.59. The van der Waals surface area contributed by atoms with Gasteiger partial charge < -0.3 is 15.0 Å². The molecule has 2 aromatic carbocycles. The summed E-state index contributed by atoms with van der Waals surface area (Å²) in [6, 6.07) is 14.4. The second-order valence-electron chi connectivity index (χ2n) is 7.74. The molecule has 0 aliphatic heterocycles. The fraction of sp³-hybridized carbons (Fsp3) is 0.273. The smallest absolute Gasteiger partial charge is 0.267 e. The van der Waals surface area contributed by atoms with Gasteiger partial charge >= 0.3 is 0 Å². The maximum absolute atomic E-state index is 13.0. The molecular weight excluding hydrogens is 409 g/mol. The van der Waals surface area contributed by atoms with Crippen molar-refractivity contribution < 1.29 is 9.90 Å². The summed E-state index contributed by atoms with van der Waals surface area (Å²) in [5.41, 5.74) is 2.12. The summed E-state index contributed by atoms with van der Waals surface area (Å²) in [4.78, 5) is 13.0. The summed E-state index contributed by atoms with van der Waals surface area (Å²) in [5, 5.41) is 23.4. The van der Waals surface area contributed by atoms with Crippen LogP contribution in [0.3, 0.4) is 0 Å². The third-order valence-electron chi connectivity index (χ3n) is 4.75. The zero-order valence-electron chi connectivity index (χ0n) is 16.2. The van der Waals surface area contributed by atoms with Crippen LogP contribution in [-0.2, 0) is 6.54 Å². The number of benzene rings is 2. The second kappa shape index (κ2) is 8.46. The van der Waals surface area contributed by atoms with Crippen LogP contribution < -0.4 is 5.32 Å². The number of hydrogen-bond donors (Lipinski definition) is 2. The first-order valence-electron chi connectivity index (χ1n) is 9.10. The Morgan fingerprint density at radius 1 is 1.21 bits per heavy atom. The largest absolute Gasteiger partial charge is 0.396 e. The first kappa shape index (κ1) is 21.2. The number of fused-ring (bicyclic) bond motifs is 1. The monoisotopic (exact) mass is 429 g/mol. The highest BCUT2D eigenvalue weighted by Crippen LogP contribution is 2.27. The first-order valence-corrected chi connectivity index (χ1v) is 9.86. The van der Waals surface area contributed by atoms with E-state index in [-0.39, 0.29) is 12.5 Å². The minimum Gasteiger partial charge on any atom is -0.396 e. The molecule has 1 heterocycles. The Morgan fingerprint density at radius 3 is 2.66 bits per heavy atom. The Balaban J connectivity index is 2.05. The van der Waals surface area contributed by atoms with E-state index in [1.807, 2.05) is 24.5 Å². The minimum atomic E-state index is -0.434. The van der Waals surface area contributed by atoms with Gasteiger partial charge in [-0.25, -0.2) is 0 Å². The molecule has 1 amide bonds. The number of aliphatic hydroxyl groups is 1. The number of nitrogens with one attached hydrogen (secondary N) is 1. The molecule has 0 fully saturated rings. The number of hydrogen-bond acceptors (Lipinski definition) is 3. The molecule has 0 radical (unpaired) electrons. The van der Waals surface area contributed by atoms with E-state index in [0.29, 0.717) is 34.4 Å². The molecular formula is C22H21Cl2N3O2. The molecule has 0 unspecified atom stereocenters. The fourth-order valence-corrected chi connectivity index (χ4v) is 3.37.